The number of hydrogen-bond acceptors (Lipinski definition) is 10. The van der Waals surface area contributed by atoms with Gasteiger partial charge in [0.1, 0.15) is 5.52 Å². The second-order valence-corrected chi connectivity index (χ2v) is 12.2. The summed E-state index contributed by atoms with van der Waals surface area (Å²) in [5, 5.41) is 11.1. The van der Waals surface area contributed by atoms with E-state index in [2.05, 4.69) is 19.9 Å². The van der Waals surface area contributed by atoms with Gasteiger partial charge in [-0.25, -0.2) is 13.2 Å². The Kier molecular flexibility index (Phi) is 10.3. The van der Waals surface area contributed by atoms with Crippen molar-refractivity contribution in [3.63, 3.8) is 0 Å². The zero-order valence-electron chi connectivity index (χ0n) is 23.4. The zero-order valence-corrected chi connectivity index (χ0v) is 24.2. The molecule has 3 aromatic rings. The number of carboxylic acid groups (broad SMARTS) is 1. The maximum absolute atomic E-state index is 13.6. The Morgan fingerprint density at radius 2 is 1.93 bits per heavy atom. The molecule has 0 amide bonds. The summed E-state index contributed by atoms with van der Waals surface area (Å²) < 4.78 is 35.8. The molecule has 1 fully saturated rings. The monoisotopic (exact) mass is 588 g/mol. The molecular weight excluding hydrogens is 550 g/mol. The largest absolute Gasteiger partial charge is 0.550 e. The fourth-order valence-electron chi connectivity index (χ4n) is 4.91. The van der Waals surface area contributed by atoms with Crippen LogP contribution >= 0.6 is 0 Å². The summed E-state index contributed by atoms with van der Waals surface area (Å²) >= 11 is 0. The van der Waals surface area contributed by atoms with E-state index in [0.717, 1.165) is 38.8 Å². The molecule has 41 heavy (non-hydrogen) atoms. The molecule has 1 aliphatic rings. The van der Waals surface area contributed by atoms with Crippen molar-refractivity contribution in [3.05, 3.63) is 40.3 Å². The molecule has 14 heteroatoms. The maximum Gasteiger partial charge on any atom is 0.327 e. The smallest absolute Gasteiger partial charge is 0.327 e. The van der Waals surface area contributed by atoms with Crippen LogP contribution in [-0.2, 0) is 27.8 Å². The fraction of sp³-hybridized carbons (Fsp3) is 0.556. The summed E-state index contributed by atoms with van der Waals surface area (Å²) in [5.41, 5.74) is 6.70. The minimum absolute atomic E-state index is 0.0493. The van der Waals surface area contributed by atoms with Crippen LogP contribution in [0.2, 0.25) is 0 Å². The first-order chi connectivity index (χ1) is 19.7. The average molecular weight is 589 g/mol. The zero-order chi connectivity index (χ0) is 29.4. The number of ether oxygens (including phenoxy) is 1. The molecule has 0 saturated carbocycles. The highest BCUT2D eigenvalue weighted by Crippen LogP contribution is 2.21. The normalized spacial score (nSPS) is 14.3. The molecule has 4 rings (SSSR count). The minimum atomic E-state index is -3.89. The van der Waals surface area contributed by atoms with Crippen LogP contribution in [0.5, 0.6) is 6.01 Å². The van der Waals surface area contributed by atoms with Crippen LogP contribution in [0.4, 0.5) is 5.82 Å². The Balaban J connectivity index is 1.47. The number of hydrogen-bond donors (Lipinski definition) is 2. The van der Waals surface area contributed by atoms with Crippen LogP contribution < -0.4 is 21.3 Å². The lowest BCUT2D eigenvalue weighted by Crippen LogP contribution is -2.38. The molecule has 0 spiro atoms. The van der Waals surface area contributed by atoms with Crippen molar-refractivity contribution < 1.29 is 23.1 Å². The first-order valence-electron chi connectivity index (χ1n) is 14.1. The first kappa shape index (κ1) is 30.5. The second-order valence-electron chi connectivity index (χ2n) is 10.2. The summed E-state index contributed by atoms with van der Waals surface area (Å²) in [7, 11) is -3.89. The Morgan fingerprint density at radius 3 is 2.66 bits per heavy atom. The number of sulfonamides is 1. The number of rotatable bonds is 16. The van der Waals surface area contributed by atoms with Crippen molar-refractivity contribution in [2.75, 3.05) is 45.1 Å². The van der Waals surface area contributed by atoms with Gasteiger partial charge in [0.15, 0.2) is 11.5 Å². The molecule has 1 saturated heterocycles. The first-order valence-corrected chi connectivity index (χ1v) is 15.5. The van der Waals surface area contributed by atoms with Crippen LogP contribution in [0.1, 0.15) is 51.0 Å². The van der Waals surface area contributed by atoms with Crippen LogP contribution in [0, 0.1) is 0 Å². The van der Waals surface area contributed by atoms with Gasteiger partial charge in [-0.2, -0.15) is 14.3 Å². The van der Waals surface area contributed by atoms with E-state index < -0.39 is 16.0 Å². The lowest BCUT2D eigenvalue weighted by atomic mass is 10.2. The number of anilines is 1. The number of likely N-dealkylation sites (tertiary alicyclic amines) is 1. The van der Waals surface area contributed by atoms with E-state index in [4.69, 9.17) is 10.5 Å². The number of aliphatic carboxylic acids is 1. The molecule has 3 heterocycles. The predicted octanol–water partition coefficient (Wildman–Crippen LogP) is 0.740. The van der Waals surface area contributed by atoms with E-state index in [0.29, 0.717) is 55.8 Å². The molecule has 3 N–H and O–H groups in total. The van der Waals surface area contributed by atoms with E-state index in [-0.39, 0.29) is 35.4 Å². The van der Waals surface area contributed by atoms with Gasteiger partial charge in [0.25, 0.3) is 0 Å². The van der Waals surface area contributed by atoms with Gasteiger partial charge in [-0.05, 0) is 62.9 Å². The summed E-state index contributed by atoms with van der Waals surface area (Å²) in [6, 6.07) is 6.09. The number of fused-ring (bicyclic) bond motifs is 1. The molecule has 0 aliphatic carbocycles. The maximum atomic E-state index is 13.6. The van der Waals surface area contributed by atoms with Gasteiger partial charge < -0.3 is 30.3 Å². The van der Waals surface area contributed by atoms with Gasteiger partial charge in [-0.1, -0.05) is 25.5 Å². The fourth-order valence-corrected chi connectivity index (χ4v) is 6.45. The highest BCUT2D eigenvalue weighted by Gasteiger charge is 2.26. The van der Waals surface area contributed by atoms with Crippen molar-refractivity contribution in [3.8, 4) is 6.01 Å². The van der Waals surface area contributed by atoms with Crippen molar-refractivity contribution in [2.24, 2.45) is 0 Å². The molecule has 0 bridgehead atoms. The van der Waals surface area contributed by atoms with Crippen molar-refractivity contribution in [2.45, 2.75) is 63.3 Å². The summed E-state index contributed by atoms with van der Waals surface area (Å²) in [5.74, 6) is -1.15. The van der Waals surface area contributed by atoms with E-state index in [1.807, 2.05) is 6.92 Å². The predicted molar refractivity (Wildman–Crippen MR) is 152 cm³/mol. The quantitative estimate of drug-likeness (QED) is 0.227. The lowest BCUT2D eigenvalue weighted by molar-refractivity contribution is -0.304. The number of carbonyl (C=O) groups is 1. The molecule has 224 valence electrons. The number of H-pyrrole nitrogens is 1. The van der Waals surface area contributed by atoms with Crippen LogP contribution in [0.15, 0.2) is 34.0 Å². The van der Waals surface area contributed by atoms with E-state index in [9.17, 15) is 23.1 Å². The number of unbranched alkanes of at least 4 members (excludes halogenated alkanes) is 2. The van der Waals surface area contributed by atoms with Gasteiger partial charge in [0, 0.05) is 38.6 Å². The number of imidazole rings is 1. The van der Waals surface area contributed by atoms with Crippen molar-refractivity contribution in [1.29, 1.82) is 0 Å². The molecule has 0 atom stereocenters. The Bertz CT molecular complexity index is 1500. The van der Waals surface area contributed by atoms with E-state index >= 15 is 0 Å². The van der Waals surface area contributed by atoms with Crippen LogP contribution in [0.25, 0.3) is 11.2 Å². The molecule has 13 nitrogen and oxygen atoms in total. The van der Waals surface area contributed by atoms with E-state index in [1.165, 1.54) is 21.0 Å². The third kappa shape index (κ3) is 7.83. The van der Waals surface area contributed by atoms with Crippen molar-refractivity contribution in [1.82, 2.24) is 28.7 Å². The van der Waals surface area contributed by atoms with Crippen LogP contribution in [-0.4, -0.2) is 82.4 Å². The van der Waals surface area contributed by atoms with Gasteiger partial charge in [-0.3, -0.25) is 4.57 Å². The summed E-state index contributed by atoms with van der Waals surface area (Å²) in [6.45, 7) is 5.80. The summed E-state index contributed by atoms with van der Waals surface area (Å²) in [6.07, 6.45) is 4.59. The number of nitrogens with two attached hydrogens (primary N) is 1. The van der Waals surface area contributed by atoms with Gasteiger partial charge in [-0.15, -0.1) is 0 Å². The number of carboxylic acids is 1. The van der Waals surface area contributed by atoms with E-state index in [1.54, 1.807) is 12.1 Å². The van der Waals surface area contributed by atoms with Gasteiger partial charge in [0.05, 0.1) is 11.5 Å². The molecule has 0 unspecified atom stereocenters. The van der Waals surface area contributed by atoms with Gasteiger partial charge in [0.2, 0.25) is 10.0 Å². The average Bonchev–Trinajstić information content (AvgIpc) is 3.56. The number of nitrogens with one attached hydrogen (secondary N) is 1. The third-order valence-electron chi connectivity index (χ3n) is 7.15. The van der Waals surface area contributed by atoms with Crippen LogP contribution in [0.3, 0.4) is 0 Å². The number of carbonyl (C=O) groups excluding carboxylic acids is 1. The highest BCUT2D eigenvalue weighted by atomic mass is 32.2. The number of aryl methyl sites for hydroxylation is 1. The number of benzene rings is 1. The Morgan fingerprint density at radius 1 is 1.15 bits per heavy atom. The third-order valence-corrected chi connectivity index (χ3v) is 9.04. The number of aromatic nitrogens is 4. The Hall–Kier alpha value is -3.49. The minimum Gasteiger partial charge on any atom is -0.550 e. The SMILES string of the molecule is CCCCOc1nc(N)c2[nH]c(=O)n(CCCCN(CCN3CCCC3)S(=O)(=O)c3cccc(CC(=O)[O-])c3)c2n1. The second kappa shape index (κ2) is 13.9. The molecule has 1 aromatic carbocycles. The summed E-state index contributed by atoms with van der Waals surface area (Å²) in [4.78, 5) is 37.2. The molecular formula is C27H38N7O6S-. The number of aromatic amines is 1. The highest BCUT2D eigenvalue weighted by molar-refractivity contribution is 7.89. The van der Waals surface area contributed by atoms with Gasteiger partial charge >= 0.3 is 11.7 Å². The standard InChI is InChI=1S/C27H39N7O6S/c1-2-3-17-40-26-30-24(28)23-25(31-26)34(27(37)29-23)14-7-6-13-33(16-15-32-11-4-5-12-32)41(38,39)21-10-8-9-20(18-21)19-22(35)36/h8-10,18H,2-7,11-17,19H2,1H3,(H,29,37)(H,35,36)(H2,28,30,31)/p-1. The van der Waals surface area contributed by atoms with Crippen molar-refractivity contribution >= 4 is 33.0 Å². The molecule has 0 radical (unpaired) electrons. The Labute approximate surface area is 239 Å². The molecule has 2 aromatic heterocycles. The molecule has 1 aliphatic heterocycles. The lowest BCUT2D eigenvalue weighted by Gasteiger charge is -2.25. The topological polar surface area (TPSA) is 180 Å². The number of nitrogen functional groups attached to an aromatic ring is 1. The number of nitrogens with zero attached hydrogens (tertiary/aromatic N) is 5.